The van der Waals surface area contributed by atoms with Gasteiger partial charge in [0.1, 0.15) is 11.3 Å². The van der Waals surface area contributed by atoms with E-state index >= 15 is 0 Å². The highest BCUT2D eigenvalue weighted by Gasteiger charge is 2.49. The molecule has 114 valence electrons. The molecule has 1 aliphatic rings. The van der Waals surface area contributed by atoms with E-state index in [-0.39, 0.29) is 17.9 Å². The zero-order valence-corrected chi connectivity index (χ0v) is 13.0. The minimum absolute atomic E-state index is 0.0590. The lowest BCUT2D eigenvalue weighted by Gasteiger charge is -2.49. The van der Waals surface area contributed by atoms with Crippen LogP contribution in [0.25, 0.3) is 0 Å². The van der Waals surface area contributed by atoms with Gasteiger partial charge in [-0.05, 0) is 45.4 Å². The van der Waals surface area contributed by atoms with Crippen LogP contribution in [0.2, 0.25) is 0 Å². The Bertz CT molecular complexity index is 556. The van der Waals surface area contributed by atoms with E-state index in [9.17, 15) is 9.59 Å². The van der Waals surface area contributed by atoms with Crippen molar-refractivity contribution in [2.45, 2.75) is 38.8 Å². The molecule has 0 radical (unpaired) electrons. The second-order valence-corrected chi connectivity index (χ2v) is 5.84. The first kappa shape index (κ1) is 15.4. The normalized spacial score (nSPS) is 20.9. The van der Waals surface area contributed by atoms with Crippen molar-refractivity contribution < 1.29 is 14.3 Å². The zero-order valence-electron chi connectivity index (χ0n) is 13.0. The molecule has 1 heterocycles. The van der Waals surface area contributed by atoms with E-state index in [1.807, 2.05) is 20.8 Å². The first-order valence-electron chi connectivity index (χ1n) is 7.15. The number of carbonyl (C=O) groups is 2. The highest BCUT2D eigenvalue weighted by atomic mass is 16.5. The fourth-order valence-corrected chi connectivity index (χ4v) is 2.45. The van der Waals surface area contributed by atoms with Crippen LogP contribution in [0.15, 0.2) is 24.3 Å². The van der Waals surface area contributed by atoms with Crippen LogP contribution in [0.1, 0.15) is 37.6 Å². The van der Waals surface area contributed by atoms with E-state index < -0.39 is 5.54 Å². The molecule has 21 heavy (non-hydrogen) atoms. The fraction of sp³-hybridized carbons (Fsp3) is 0.500. The number of carbonyl (C=O) groups excluding carboxylic acids is 2. The second-order valence-electron chi connectivity index (χ2n) is 5.84. The van der Waals surface area contributed by atoms with E-state index in [0.717, 1.165) is 0 Å². The number of likely N-dealkylation sites (tertiary alicyclic amines) is 1. The second kappa shape index (κ2) is 5.76. The quantitative estimate of drug-likeness (QED) is 0.920. The summed E-state index contributed by atoms with van der Waals surface area (Å²) in [5, 5.41) is 2.89. The minimum Gasteiger partial charge on any atom is -0.497 e. The maximum atomic E-state index is 12.6. The molecule has 1 aromatic carbocycles. The number of nitrogens with one attached hydrogen (secondary N) is 1. The predicted octanol–water partition coefficient (Wildman–Crippen LogP) is 1.82. The molecule has 0 aliphatic carbocycles. The maximum Gasteiger partial charge on any atom is 0.254 e. The average molecular weight is 290 g/mol. The molecule has 5 heteroatoms. The monoisotopic (exact) mass is 290 g/mol. The molecule has 5 nitrogen and oxygen atoms in total. The summed E-state index contributed by atoms with van der Waals surface area (Å²) < 4.78 is 5.14. The van der Waals surface area contributed by atoms with Gasteiger partial charge in [0.25, 0.3) is 5.91 Å². The smallest absolute Gasteiger partial charge is 0.254 e. The molecular weight excluding hydrogens is 268 g/mol. The molecule has 2 rings (SSSR count). The molecule has 1 saturated heterocycles. The molecule has 2 amide bonds. The van der Waals surface area contributed by atoms with E-state index in [0.29, 0.717) is 24.3 Å². The Morgan fingerprint density at radius 1 is 1.38 bits per heavy atom. The summed E-state index contributed by atoms with van der Waals surface area (Å²) >= 11 is 0. The van der Waals surface area contributed by atoms with Crippen LogP contribution in [0.4, 0.5) is 0 Å². The van der Waals surface area contributed by atoms with Crippen LogP contribution >= 0.6 is 0 Å². The number of nitrogens with zero attached hydrogens (tertiary/aromatic N) is 1. The van der Waals surface area contributed by atoms with Gasteiger partial charge in [0.2, 0.25) is 5.91 Å². The molecule has 1 N–H and O–H groups in total. The fourth-order valence-electron chi connectivity index (χ4n) is 2.45. The summed E-state index contributed by atoms with van der Waals surface area (Å²) in [6, 6.07) is 7.06. The van der Waals surface area contributed by atoms with Gasteiger partial charge in [0.05, 0.1) is 7.11 Å². The lowest BCUT2D eigenvalue weighted by atomic mass is 9.84. The van der Waals surface area contributed by atoms with Gasteiger partial charge in [-0.25, -0.2) is 0 Å². The van der Waals surface area contributed by atoms with Gasteiger partial charge in [-0.3, -0.25) is 9.59 Å². The molecule has 1 aliphatic heterocycles. The molecule has 0 saturated carbocycles. The number of hydrogen-bond acceptors (Lipinski definition) is 3. The van der Waals surface area contributed by atoms with Crippen molar-refractivity contribution in [2.75, 3.05) is 13.7 Å². The van der Waals surface area contributed by atoms with Crippen molar-refractivity contribution in [3.05, 3.63) is 29.8 Å². The lowest BCUT2D eigenvalue weighted by Crippen LogP contribution is -2.67. The molecule has 1 aromatic rings. The molecular formula is C16H22N2O3. The zero-order chi connectivity index (χ0) is 15.6. The van der Waals surface area contributed by atoms with Crippen molar-refractivity contribution in [3.63, 3.8) is 0 Å². The largest absolute Gasteiger partial charge is 0.497 e. The topological polar surface area (TPSA) is 58.6 Å². The van der Waals surface area contributed by atoms with Crippen molar-refractivity contribution in [2.24, 2.45) is 0 Å². The number of methoxy groups -OCH3 is 1. The maximum absolute atomic E-state index is 12.6. The molecule has 0 bridgehead atoms. The van der Waals surface area contributed by atoms with Gasteiger partial charge in [-0.15, -0.1) is 0 Å². The summed E-state index contributed by atoms with van der Waals surface area (Å²) in [7, 11) is 1.56. The Hall–Kier alpha value is -2.04. The van der Waals surface area contributed by atoms with Crippen LogP contribution in [-0.2, 0) is 4.79 Å². The van der Waals surface area contributed by atoms with Gasteiger partial charge in [0, 0.05) is 18.2 Å². The van der Waals surface area contributed by atoms with Crippen molar-refractivity contribution >= 4 is 11.8 Å². The molecule has 1 atom stereocenters. The average Bonchev–Trinajstić information content (AvgIpc) is 2.44. The number of amides is 2. The predicted molar refractivity (Wildman–Crippen MR) is 80.3 cm³/mol. The summed E-state index contributed by atoms with van der Waals surface area (Å²) in [6.07, 6.45) is 0.682. The van der Waals surface area contributed by atoms with E-state index in [4.69, 9.17) is 4.74 Å². The van der Waals surface area contributed by atoms with Gasteiger partial charge in [0.15, 0.2) is 0 Å². The number of rotatable bonds is 4. The third-order valence-electron chi connectivity index (χ3n) is 3.89. The Morgan fingerprint density at radius 2 is 2.10 bits per heavy atom. The Balaban J connectivity index is 2.17. The summed E-state index contributed by atoms with van der Waals surface area (Å²) in [5.74, 6) is 0.399. The van der Waals surface area contributed by atoms with Crippen LogP contribution in [-0.4, -0.2) is 41.9 Å². The standard InChI is InChI=1S/C16H22N2O3/c1-11(2)17-15(20)16(3)8-9-18(16)14(19)12-6-5-7-13(10-12)21-4/h5-7,10-11H,8-9H2,1-4H3,(H,17,20). The van der Waals surface area contributed by atoms with Gasteiger partial charge in [-0.1, -0.05) is 6.07 Å². The molecule has 1 fully saturated rings. The van der Waals surface area contributed by atoms with Crippen LogP contribution in [0.5, 0.6) is 5.75 Å². The van der Waals surface area contributed by atoms with E-state index in [2.05, 4.69) is 5.32 Å². The van der Waals surface area contributed by atoms with Gasteiger partial charge < -0.3 is 15.0 Å². The van der Waals surface area contributed by atoms with Gasteiger partial charge >= 0.3 is 0 Å². The summed E-state index contributed by atoms with van der Waals surface area (Å²) in [4.78, 5) is 26.5. The molecule has 1 unspecified atom stereocenters. The van der Waals surface area contributed by atoms with Crippen molar-refractivity contribution in [3.8, 4) is 5.75 Å². The number of ether oxygens (including phenoxy) is 1. The Kier molecular flexibility index (Phi) is 4.21. The molecule has 0 spiro atoms. The SMILES string of the molecule is COc1cccc(C(=O)N2CCC2(C)C(=O)NC(C)C)c1. The lowest BCUT2D eigenvalue weighted by molar-refractivity contribution is -0.138. The third-order valence-corrected chi connectivity index (χ3v) is 3.89. The van der Waals surface area contributed by atoms with E-state index in [1.54, 1.807) is 36.3 Å². The van der Waals surface area contributed by atoms with Crippen LogP contribution in [0.3, 0.4) is 0 Å². The third kappa shape index (κ3) is 2.86. The van der Waals surface area contributed by atoms with Crippen LogP contribution < -0.4 is 10.1 Å². The summed E-state index contributed by atoms with van der Waals surface area (Å²) in [5.41, 5.74) is -0.220. The van der Waals surface area contributed by atoms with E-state index in [1.165, 1.54) is 0 Å². The first-order valence-corrected chi connectivity index (χ1v) is 7.15. The Morgan fingerprint density at radius 3 is 2.62 bits per heavy atom. The Labute approximate surface area is 125 Å². The van der Waals surface area contributed by atoms with Crippen molar-refractivity contribution in [1.82, 2.24) is 10.2 Å². The first-order chi connectivity index (χ1) is 9.88. The highest BCUT2D eigenvalue weighted by molar-refractivity contribution is 6.00. The van der Waals surface area contributed by atoms with Crippen LogP contribution in [0, 0.1) is 0 Å². The minimum atomic E-state index is -0.759. The number of hydrogen-bond donors (Lipinski definition) is 1. The highest BCUT2D eigenvalue weighted by Crippen LogP contribution is 2.32. The number of benzene rings is 1. The summed E-state index contributed by atoms with van der Waals surface area (Å²) in [6.45, 7) is 6.23. The van der Waals surface area contributed by atoms with Crippen molar-refractivity contribution in [1.29, 1.82) is 0 Å². The van der Waals surface area contributed by atoms with Gasteiger partial charge in [-0.2, -0.15) is 0 Å². The molecule has 0 aromatic heterocycles.